The lowest BCUT2D eigenvalue weighted by molar-refractivity contribution is -0.134. The second-order valence-electron chi connectivity index (χ2n) is 3.70. The summed E-state index contributed by atoms with van der Waals surface area (Å²) in [6.45, 7) is 4.22. The van der Waals surface area contributed by atoms with Gasteiger partial charge in [-0.1, -0.05) is 0 Å². The predicted octanol–water partition coefficient (Wildman–Crippen LogP) is 1.09. The lowest BCUT2D eigenvalue weighted by atomic mass is 10.2. The molecule has 1 aromatic heterocycles. The van der Waals surface area contributed by atoms with E-state index in [1.165, 1.54) is 0 Å². The van der Waals surface area contributed by atoms with Gasteiger partial charge < -0.3 is 10.6 Å². The van der Waals surface area contributed by atoms with Crippen molar-refractivity contribution < 1.29 is 4.79 Å². The molecular weight excluding hydrogens is 263 g/mol. The molecule has 17 heavy (non-hydrogen) atoms. The van der Waals surface area contributed by atoms with Crippen LogP contribution in [0.3, 0.4) is 0 Å². The van der Waals surface area contributed by atoms with Crippen LogP contribution in [0, 0.1) is 0 Å². The molecule has 0 saturated heterocycles. The Kier molecular flexibility index (Phi) is 9.11. The molecule has 7 heteroatoms. The van der Waals surface area contributed by atoms with Crippen LogP contribution in [0.2, 0.25) is 0 Å². The minimum absolute atomic E-state index is 0. The summed E-state index contributed by atoms with van der Waals surface area (Å²) >= 11 is 0. The maximum atomic E-state index is 12.0. The van der Waals surface area contributed by atoms with E-state index in [0.29, 0.717) is 6.54 Å². The Morgan fingerprint density at radius 1 is 1.47 bits per heavy atom. The molecule has 0 aliphatic carbocycles. The molecule has 0 aliphatic heterocycles. The number of rotatable bonds is 4. The van der Waals surface area contributed by atoms with Gasteiger partial charge in [0.05, 0.1) is 0 Å². The van der Waals surface area contributed by atoms with Gasteiger partial charge in [0.25, 0.3) is 0 Å². The number of hydrogen-bond donors (Lipinski definition) is 1. The van der Waals surface area contributed by atoms with E-state index in [2.05, 4.69) is 5.10 Å². The maximum Gasteiger partial charge on any atom is 0.247 e. The Balaban J connectivity index is 0. The average Bonchev–Trinajstić information content (AvgIpc) is 2.78. The van der Waals surface area contributed by atoms with E-state index in [-0.39, 0.29) is 42.8 Å². The standard InChI is InChI=1S/C10H18N4O.2ClH/c1-8(7-11)13(3)10(15)9(2)14-6-4-5-12-14;;/h4-6,8-9H,7,11H2,1-3H3;2*1H. The summed E-state index contributed by atoms with van der Waals surface area (Å²) in [7, 11) is 1.76. The third kappa shape index (κ3) is 4.53. The fourth-order valence-electron chi connectivity index (χ4n) is 1.29. The van der Waals surface area contributed by atoms with Crippen molar-refractivity contribution in [2.75, 3.05) is 13.6 Å². The number of carbonyl (C=O) groups is 1. The van der Waals surface area contributed by atoms with Crippen LogP contribution in [-0.4, -0.2) is 40.2 Å². The molecule has 5 nitrogen and oxygen atoms in total. The minimum atomic E-state index is -0.279. The van der Waals surface area contributed by atoms with Crippen molar-refractivity contribution in [1.82, 2.24) is 14.7 Å². The van der Waals surface area contributed by atoms with Crippen molar-refractivity contribution in [2.45, 2.75) is 25.9 Å². The molecule has 1 amide bonds. The number of aromatic nitrogens is 2. The van der Waals surface area contributed by atoms with Gasteiger partial charge in [0, 0.05) is 32.0 Å². The second kappa shape index (κ2) is 8.33. The summed E-state index contributed by atoms with van der Waals surface area (Å²) < 4.78 is 1.64. The van der Waals surface area contributed by atoms with Crippen molar-refractivity contribution in [3.63, 3.8) is 0 Å². The monoisotopic (exact) mass is 282 g/mol. The molecule has 2 N–H and O–H groups in total. The number of carbonyl (C=O) groups excluding carboxylic acids is 1. The van der Waals surface area contributed by atoms with E-state index in [4.69, 9.17) is 5.73 Å². The maximum absolute atomic E-state index is 12.0. The summed E-state index contributed by atoms with van der Waals surface area (Å²) in [6, 6.07) is 1.57. The highest BCUT2D eigenvalue weighted by Crippen LogP contribution is 2.09. The zero-order valence-electron chi connectivity index (χ0n) is 10.2. The smallest absolute Gasteiger partial charge is 0.247 e. The minimum Gasteiger partial charge on any atom is -0.340 e. The second-order valence-corrected chi connectivity index (χ2v) is 3.70. The van der Waals surface area contributed by atoms with Crippen LogP contribution in [0.1, 0.15) is 19.9 Å². The molecule has 2 unspecified atom stereocenters. The van der Waals surface area contributed by atoms with E-state index >= 15 is 0 Å². The van der Waals surface area contributed by atoms with Crippen LogP contribution < -0.4 is 5.73 Å². The quantitative estimate of drug-likeness (QED) is 0.899. The molecule has 2 atom stereocenters. The van der Waals surface area contributed by atoms with Crippen molar-refractivity contribution in [1.29, 1.82) is 0 Å². The lowest BCUT2D eigenvalue weighted by Gasteiger charge is -2.26. The first-order valence-corrected chi connectivity index (χ1v) is 5.03. The van der Waals surface area contributed by atoms with Gasteiger partial charge in [-0.2, -0.15) is 5.10 Å². The number of nitrogens with two attached hydrogens (primary N) is 1. The molecule has 0 bridgehead atoms. The van der Waals surface area contributed by atoms with Gasteiger partial charge >= 0.3 is 0 Å². The topological polar surface area (TPSA) is 64.2 Å². The van der Waals surface area contributed by atoms with Crippen LogP contribution in [0.25, 0.3) is 0 Å². The van der Waals surface area contributed by atoms with Gasteiger partial charge in [0.15, 0.2) is 0 Å². The first-order valence-electron chi connectivity index (χ1n) is 5.03. The number of amides is 1. The molecule has 1 heterocycles. The molecule has 0 aliphatic rings. The van der Waals surface area contributed by atoms with Crippen LogP contribution in [0.5, 0.6) is 0 Å². The van der Waals surface area contributed by atoms with Crippen molar-refractivity contribution in [3.05, 3.63) is 18.5 Å². The van der Waals surface area contributed by atoms with Gasteiger partial charge in [-0.05, 0) is 19.9 Å². The first kappa shape index (κ1) is 18.6. The van der Waals surface area contributed by atoms with Crippen LogP contribution >= 0.6 is 24.8 Å². The van der Waals surface area contributed by atoms with Gasteiger partial charge in [-0.3, -0.25) is 9.48 Å². The largest absolute Gasteiger partial charge is 0.340 e. The van der Waals surface area contributed by atoms with E-state index in [0.717, 1.165) is 0 Å². The van der Waals surface area contributed by atoms with E-state index in [9.17, 15) is 4.79 Å². The van der Waals surface area contributed by atoms with Crippen molar-refractivity contribution >= 4 is 30.7 Å². The Morgan fingerprint density at radius 3 is 2.47 bits per heavy atom. The first-order chi connectivity index (χ1) is 7.07. The molecule has 0 radical (unpaired) electrons. The molecule has 100 valence electrons. The molecule has 1 rings (SSSR count). The molecule has 0 spiro atoms. The summed E-state index contributed by atoms with van der Waals surface area (Å²) in [6.07, 6.45) is 3.44. The molecule has 1 aromatic rings. The van der Waals surface area contributed by atoms with Crippen molar-refractivity contribution in [2.24, 2.45) is 5.73 Å². The van der Waals surface area contributed by atoms with E-state index < -0.39 is 0 Å². The lowest BCUT2D eigenvalue weighted by Crippen LogP contribution is -2.42. The number of hydrogen-bond acceptors (Lipinski definition) is 3. The van der Waals surface area contributed by atoms with E-state index in [1.807, 2.05) is 13.8 Å². The van der Waals surface area contributed by atoms with Gasteiger partial charge in [0.2, 0.25) is 5.91 Å². The highest BCUT2D eigenvalue weighted by atomic mass is 35.5. The summed E-state index contributed by atoms with van der Waals surface area (Å²) in [5.74, 6) is 0.0247. The molecule has 0 aromatic carbocycles. The summed E-state index contributed by atoms with van der Waals surface area (Å²) in [5, 5.41) is 4.04. The van der Waals surface area contributed by atoms with Crippen LogP contribution in [0.15, 0.2) is 18.5 Å². The van der Waals surface area contributed by atoms with Crippen molar-refractivity contribution in [3.8, 4) is 0 Å². The Morgan fingerprint density at radius 2 is 2.06 bits per heavy atom. The molecule has 0 fully saturated rings. The highest BCUT2D eigenvalue weighted by molar-refractivity contribution is 5.85. The fourth-order valence-corrected chi connectivity index (χ4v) is 1.29. The Labute approximate surface area is 114 Å². The summed E-state index contributed by atoms with van der Waals surface area (Å²) in [4.78, 5) is 13.6. The number of halogens is 2. The van der Waals surface area contributed by atoms with Gasteiger partial charge in [0.1, 0.15) is 6.04 Å². The van der Waals surface area contributed by atoms with Gasteiger partial charge in [-0.15, -0.1) is 24.8 Å². The van der Waals surface area contributed by atoms with E-state index in [1.54, 1.807) is 35.1 Å². The SMILES string of the molecule is CC(CN)N(C)C(=O)C(C)n1cccn1.Cl.Cl. The third-order valence-electron chi connectivity index (χ3n) is 2.63. The number of likely N-dealkylation sites (N-methyl/N-ethyl adjacent to an activating group) is 1. The van der Waals surface area contributed by atoms with Crippen LogP contribution in [-0.2, 0) is 4.79 Å². The third-order valence-corrected chi connectivity index (χ3v) is 2.63. The normalized spacial score (nSPS) is 12.9. The summed E-state index contributed by atoms with van der Waals surface area (Å²) in [5.41, 5.74) is 5.51. The highest BCUT2D eigenvalue weighted by Gasteiger charge is 2.21. The zero-order valence-corrected chi connectivity index (χ0v) is 11.9. The average molecular weight is 283 g/mol. The Bertz CT molecular complexity index is 318. The Hall–Kier alpha value is -0.780. The predicted molar refractivity (Wildman–Crippen MR) is 72.7 cm³/mol. The molecule has 0 saturated carbocycles. The van der Waals surface area contributed by atoms with Gasteiger partial charge in [-0.25, -0.2) is 0 Å². The zero-order chi connectivity index (χ0) is 11.4. The molecular formula is C10H20Cl2N4O. The van der Waals surface area contributed by atoms with Crippen LogP contribution in [0.4, 0.5) is 0 Å². The number of nitrogens with zero attached hydrogens (tertiary/aromatic N) is 3. The fraction of sp³-hybridized carbons (Fsp3) is 0.600.